The van der Waals surface area contributed by atoms with Crippen molar-refractivity contribution in [3.63, 3.8) is 0 Å². The zero-order chi connectivity index (χ0) is 17.5. The number of fused-ring (bicyclic) bond motifs is 1. The number of pyridine rings is 1. The minimum absolute atomic E-state index is 0.161. The molecule has 1 unspecified atom stereocenters. The van der Waals surface area contributed by atoms with E-state index in [2.05, 4.69) is 10.3 Å². The average Bonchev–Trinajstić information content (AvgIpc) is 2.67. The number of aromatic nitrogens is 1. The summed E-state index contributed by atoms with van der Waals surface area (Å²) in [5.74, 6) is 0. The van der Waals surface area contributed by atoms with E-state index in [1.807, 2.05) is 60.7 Å². The molecular formula is C20H18N2O3. The highest BCUT2D eigenvalue weighted by atomic mass is 16.5. The highest BCUT2D eigenvalue weighted by Crippen LogP contribution is 2.17. The Bertz CT molecular complexity index is 860. The Hall–Kier alpha value is -3.21. The van der Waals surface area contributed by atoms with Gasteiger partial charge in [0.2, 0.25) is 0 Å². The summed E-state index contributed by atoms with van der Waals surface area (Å²) in [5, 5.41) is 3.59. The number of carbonyl (C=O) groups excluding carboxylic acids is 2. The maximum atomic E-state index is 11.9. The van der Waals surface area contributed by atoms with Gasteiger partial charge in [0.15, 0.2) is 0 Å². The molecule has 0 aliphatic rings. The number of rotatable bonds is 6. The van der Waals surface area contributed by atoms with Gasteiger partial charge in [0.05, 0.1) is 11.6 Å². The molecule has 0 bridgehead atoms. The lowest BCUT2D eigenvalue weighted by atomic mass is 10.0. The molecule has 3 aromatic rings. The second-order valence-electron chi connectivity index (χ2n) is 5.65. The van der Waals surface area contributed by atoms with Crippen LogP contribution >= 0.6 is 0 Å². The molecule has 0 aliphatic heterocycles. The highest BCUT2D eigenvalue weighted by Gasteiger charge is 2.15. The maximum absolute atomic E-state index is 11.9. The van der Waals surface area contributed by atoms with Gasteiger partial charge in [0.25, 0.3) is 0 Å². The van der Waals surface area contributed by atoms with Gasteiger partial charge in [-0.15, -0.1) is 0 Å². The lowest BCUT2D eigenvalue weighted by Gasteiger charge is -2.14. The standard InChI is InChI=1S/C20H18N2O3/c23-13-18(22-20(24)25-14-15-6-2-1-3-7-15)12-17-9-4-8-16-10-5-11-21-19(16)17/h1-11,13,18H,12,14H2,(H,22,24). The summed E-state index contributed by atoms with van der Waals surface area (Å²) < 4.78 is 5.16. The number of nitrogens with zero attached hydrogens (tertiary/aromatic N) is 1. The number of amides is 1. The van der Waals surface area contributed by atoms with E-state index in [9.17, 15) is 9.59 Å². The van der Waals surface area contributed by atoms with E-state index in [0.29, 0.717) is 12.7 Å². The molecule has 0 saturated heterocycles. The van der Waals surface area contributed by atoms with E-state index in [-0.39, 0.29) is 6.61 Å². The van der Waals surface area contributed by atoms with Crippen LogP contribution in [-0.4, -0.2) is 23.4 Å². The monoisotopic (exact) mass is 334 g/mol. The number of alkyl carbamates (subject to hydrolysis) is 1. The van der Waals surface area contributed by atoms with Crippen molar-refractivity contribution in [3.8, 4) is 0 Å². The van der Waals surface area contributed by atoms with Crippen LogP contribution in [0.1, 0.15) is 11.1 Å². The number of hydrogen-bond acceptors (Lipinski definition) is 4. The summed E-state index contributed by atoms with van der Waals surface area (Å²) in [6.45, 7) is 0.161. The number of aldehydes is 1. The van der Waals surface area contributed by atoms with Crippen LogP contribution in [0.5, 0.6) is 0 Å². The minimum atomic E-state index is -0.670. The minimum Gasteiger partial charge on any atom is -0.445 e. The molecule has 1 amide bonds. The van der Waals surface area contributed by atoms with E-state index in [0.717, 1.165) is 22.0 Å². The maximum Gasteiger partial charge on any atom is 0.408 e. The summed E-state index contributed by atoms with van der Waals surface area (Å²) >= 11 is 0. The van der Waals surface area contributed by atoms with Gasteiger partial charge in [-0.05, 0) is 17.2 Å². The SMILES string of the molecule is O=CC(Cc1cccc2cccnc12)NC(=O)OCc1ccccc1. The van der Waals surface area contributed by atoms with Gasteiger partial charge in [0, 0.05) is 18.0 Å². The molecule has 5 nitrogen and oxygen atoms in total. The van der Waals surface area contributed by atoms with Gasteiger partial charge < -0.3 is 14.8 Å². The molecule has 1 heterocycles. The molecule has 126 valence electrons. The molecular weight excluding hydrogens is 316 g/mol. The summed E-state index contributed by atoms with van der Waals surface area (Å²) in [4.78, 5) is 27.7. The molecule has 0 spiro atoms. The second-order valence-corrected chi connectivity index (χ2v) is 5.65. The van der Waals surface area contributed by atoms with Crippen molar-refractivity contribution >= 4 is 23.3 Å². The average molecular weight is 334 g/mol. The van der Waals surface area contributed by atoms with Crippen molar-refractivity contribution in [2.75, 3.05) is 0 Å². The van der Waals surface area contributed by atoms with Gasteiger partial charge >= 0.3 is 6.09 Å². The van der Waals surface area contributed by atoms with E-state index >= 15 is 0 Å². The summed E-state index contributed by atoms with van der Waals surface area (Å²) in [6, 6.07) is 18.3. The van der Waals surface area contributed by atoms with E-state index < -0.39 is 12.1 Å². The van der Waals surface area contributed by atoms with Crippen LogP contribution in [-0.2, 0) is 22.6 Å². The summed E-state index contributed by atoms with van der Waals surface area (Å²) in [5.41, 5.74) is 2.62. The van der Waals surface area contributed by atoms with E-state index in [1.54, 1.807) is 6.20 Å². The van der Waals surface area contributed by atoms with Gasteiger partial charge in [-0.25, -0.2) is 4.79 Å². The number of nitrogens with one attached hydrogen (secondary N) is 1. The number of hydrogen-bond donors (Lipinski definition) is 1. The third-order valence-electron chi connectivity index (χ3n) is 3.84. The third-order valence-corrected chi connectivity index (χ3v) is 3.84. The molecule has 1 N–H and O–H groups in total. The van der Waals surface area contributed by atoms with E-state index in [4.69, 9.17) is 4.74 Å². The molecule has 1 aromatic heterocycles. The molecule has 3 rings (SSSR count). The Kier molecular flexibility index (Phi) is 5.36. The van der Waals surface area contributed by atoms with Crippen molar-refractivity contribution in [1.82, 2.24) is 10.3 Å². The fourth-order valence-electron chi connectivity index (χ4n) is 2.62. The number of carbonyl (C=O) groups is 2. The number of ether oxygens (including phenoxy) is 1. The van der Waals surface area contributed by atoms with Crippen LogP contribution in [0.4, 0.5) is 4.79 Å². The summed E-state index contributed by atoms with van der Waals surface area (Å²) in [7, 11) is 0. The molecule has 1 atom stereocenters. The van der Waals surface area contributed by atoms with Gasteiger partial charge in [0.1, 0.15) is 12.9 Å². The first-order valence-corrected chi connectivity index (χ1v) is 8.01. The fourth-order valence-corrected chi connectivity index (χ4v) is 2.62. The fraction of sp³-hybridized carbons (Fsp3) is 0.150. The number of benzene rings is 2. The Balaban J connectivity index is 1.62. The Morgan fingerprint density at radius 1 is 1.08 bits per heavy atom. The lowest BCUT2D eigenvalue weighted by molar-refractivity contribution is -0.109. The first-order chi connectivity index (χ1) is 12.3. The van der Waals surface area contributed by atoms with Gasteiger partial charge in [-0.3, -0.25) is 4.98 Å². The lowest BCUT2D eigenvalue weighted by Crippen LogP contribution is -2.38. The van der Waals surface area contributed by atoms with Crippen LogP contribution in [0, 0.1) is 0 Å². The van der Waals surface area contributed by atoms with Gasteiger partial charge in [-0.2, -0.15) is 0 Å². The predicted octanol–water partition coefficient (Wildman–Crippen LogP) is 3.27. The van der Waals surface area contributed by atoms with Gasteiger partial charge in [-0.1, -0.05) is 54.6 Å². The highest BCUT2D eigenvalue weighted by molar-refractivity contribution is 5.82. The van der Waals surface area contributed by atoms with Crippen LogP contribution in [0.2, 0.25) is 0 Å². The quantitative estimate of drug-likeness (QED) is 0.703. The van der Waals surface area contributed by atoms with Crippen molar-refractivity contribution < 1.29 is 14.3 Å². The molecule has 2 aromatic carbocycles. The molecule has 0 saturated carbocycles. The smallest absolute Gasteiger partial charge is 0.408 e. The first-order valence-electron chi connectivity index (χ1n) is 8.01. The molecule has 5 heteroatoms. The zero-order valence-electron chi connectivity index (χ0n) is 13.6. The Morgan fingerprint density at radius 2 is 1.88 bits per heavy atom. The second kappa shape index (κ2) is 8.06. The molecule has 0 fully saturated rings. The Labute approximate surface area is 145 Å². The third kappa shape index (κ3) is 4.41. The van der Waals surface area contributed by atoms with Crippen molar-refractivity contribution in [2.45, 2.75) is 19.1 Å². The first kappa shape index (κ1) is 16.6. The Morgan fingerprint density at radius 3 is 2.68 bits per heavy atom. The van der Waals surface area contributed by atoms with E-state index in [1.165, 1.54) is 0 Å². The number of para-hydroxylation sites is 1. The zero-order valence-corrected chi connectivity index (χ0v) is 13.6. The largest absolute Gasteiger partial charge is 0.445 e. The van der Waals surface area contributed by atoms with Crippen LogP contribution < -0.4 is 5.32 Å². The molecule has 0 aliphatic carbocycles. The normalized spacial score (nSPS) is 11.7. The molecule has 25 heavy (non-hydrogen) atoms. The predicted molar refractivity (Wildman–Crippen MR) is 95.1 cm³/mol. The summed E-state index contributed by atoms with van der Waals surface area (Å²) in [6.07, 6.45) is 2.17. The van der Waals surface area contributed by atoms with Crippen LogP contribution in [0.25, 0.3) is 10.9 Å². The van der Waals surface area contributed by atoms with Crippen molar-refractivity contribution in [2.24, 2.45) is 0 Å². The van der Waals surface area contributed by atoms with Crippen LogP contribution in [0.3, 0.4) is 0 Å². The topological polar surface area (TPSA) is 68.3 Å². The van der Waals surface area contributed by atoms with Crippen molar-refractivity contribution in [1.29, 1.82) is 0 Å². The molecule has 0 radical (unpaired) electrons. The van der Waals surface area contributed by atoms with Crippen LogP contribution in [0.15, 0.2) is 66.9 Å². The van der Waals surface area contributed by atoms with Crippen molar-refractivity contribution in [3.05, 3.63) is 78.0 Å².